The van der Waals surface area contributed by atoms with E-state index in [1.807, 2.05) is 0 Å². The summed E-state index contributed by atoms with van der Waals surface area (Å²) in [6, 6.07) is 4.46. The minimum atomic E-state index is -2.85. The van der Waals surface area contributed by atoms with Crippen molar-refractivity contribution in [1.82, 2.24) is 0 Å². The normalized spacial score (nSPS) is 13.7. The Morgan fingerprint density at radius 2 is 1.87 bits per heavy atom. The molecule has 0 fully saturated rings. The number of aromatic hydroxyl groups is 1. The van der Waals surface area contributed by atoms with Gasteiger partial charge in [-0.1, -0.05) is 19.1 Å². The zero-order valence-corrected chi connectivity index (χ0v) is 8.51. The summed E-state index contributed by atoms with van der Waals surface area (Å²) in [7, 11) is 1.35. The summed E-state index contributed by atoms with van der Waals surface area (Å²) in [4.78, 5) is 0. The lowest BCUT2D eigenvalue weighted by Gasteiger charge is -2.24. The van der Waals surface area contributed by atoms with Crippen LogP contribution in [0.15, 0.2) is 18.2 Å². The molecule has 0 aromatic heterocycles. The Labute approximate surface area is 87.2 Å². The molecule has 1 unspecified atom stereocenters. The molecule has 15 heavy (non-hydrogen) atoms. The lowest BCUT2D eigenvalue weighted by Crippen LogP contribution is -2.34. The second kappa shape index (κ2) is 4.06. The molecule has 0 amide bonds. The van der Waals surface area contributed by atoms with Crippen LogP contribution in [-0.4, -0.2) is 33.5 Å². The molecule has 1 aromatic carbocycles. The second-order valence-corrected chi connectivity index (χ2v) is 3.31. The Balaban J connectivity index is 3.20. The van der Waals surface area contributed by atoms with Gasteiger partial charge in [0.1, 0.15) is 0 Å². The highest BCUT2D eigenvalue weighted by molar-refractivity contribution is 5.47. The maximum atomic E-state index is 9.44. The highest BCUT2D eigenvalue weighted by atomic mass is 16.7. The molecule has 0 heterocycles. The van der Waals surface area contributed by atoms with E-state index in [1.165, 1.54) is 32.2 Å². The van der Waals surface area contributed by atoms with Gasteiger partial charge in [-0.2, -0.15) is 0 Å². The van der Waals surface area contributed by atoms with Crippen molar-refractivity contribution in [3.05, 3.63) is 23.8 Å². The van der Waals surface area contributed by atoms with Gasteiger partial charge in [0.25, 0.3) is 5.97 Å². The van der Waals surface area contributed by atoms with Crippen LogP contribution < -0.4 is 4.74 Å². The molecule has 1 atom stereocenters. The minimum Gasteiger partial charge on any atom is -0.504 e. The summed E-state index contributed by atoms with van der Waals surface area (Å²) in [6.45, 7) is 1.40. The standard InChI is InChI=1S/C10H14O5/c1-6(10(12,13)14)7-4-3-5-8(11)9(7)15-2/h3-6,11-14H,1-2H3. The van der Waals surface area contributed by atoms with E-state index in [2.05, 4.69) is 0 Å². The Kier molecular flexibility index (Phi) is 3.18. The van der Waals surface area contributed by atoms with Crippen molar-refractivity contribution in [3.63, 3.8) is 0 Å². The average molecular weight is 214 g/mol. The molecule has 0 saturated carbocycles. The molecule has 5 heteroatoms. The first-order valence-corrected chi connectivity index (χ1v) is 4.41. The molecule has 0 bridgehead atoms. The molecule has 0 radical (unpaired) electrons. The van der Waals surface area contributed by atoms with Gasteiger partial charge in [-0.25, -0.2) is 0 Å². The number of phenolic OH excluding ortho intramolecular Hbond substituents is 1. The largest absolute Gasteiger partial charge is 0.504 e. The average Bonchev–Trinajstić information content (AvgIpc) is 2.14. The number of ether oxygens (including phenoxy) is 1. The molecular formula is C10H14O5. The minimum absolute atomic E-state index is 0.117. The first-order valence-electron chi connectivity index (χ1n) is 4.41. The highest BCUT2D eigenvalue weighted by Gasteiger charge is 2.32. The third-order valence-electron chi connectivity index (χ3n) is 2.28. The van der Waals surface area contributed by atoms with Crippen LogP contribution in [0, 0.1) is 0 Å². The van der Waals surface area contributed by atoms with Crippen molar-refractivity contribution in [2.45, 2.75) is 18.8 Å². The van der Waals surface area contributed by atoms with Gasteiger partial charge in [0.2, 0.25) is 0 Å². The molecule has 0 saturated heterocycles. The molecule has 4 N–H and O–H groups in total. The Morgan fingerprint density at radius 3 is 2.33 bits per heavy atom. The number of hydrogen-bond acceptors (Lipinski definition) is 5. The summed E-state index contributed by atoms with van der Waals surface area (Å²) in [6.07, 6.45) is 0. The summed E-state index contributed by atoms with van der Waals surface area (Å²) >= 11 is 0. The van der Waals surface area contributed by atoms with E-state index in [1.54, 1.807) is 0 Å². The van der Waals surface area contributed by atoms with Crippen LogP contribution >= 0.6 is 0 Å². The van der Waals surface area contributed by atoms with Crippen molar-refractivity contribution in [1.29, 1.82) is 0 Å². The van der Waals surface area contributed by atoms with E-state index in [0.29, 0.717) is 5.56 Å². The Bertz CT molecular complexity index is 342. The van der Waals surface area contributed by atoms with Crippen molar-refractivity contribution < 1.29 is 25.2 Å². The van der Waals surface area contributed by atoms with Gasteiger partial charge >= 0.3 is 0 Å². The number of phenols is 1. The zero-order chi connectivity index (χ0) is 11.6. The summed E-state index contributed by atoms with van der Waals surface area (Å²) < 4.78 is 4.91. The van der Waals surface area contributed by atoms with Gasteiger partial charge in [0.15, 0.2) is 11.5 Å². The van der Waals surface area contributed by atoms with Gasteiger partial charge in [-0.15, -0.1) is 0 Å². The van der Waals surface area contributed by atoms with Crippen LogP contribution in [0.5, 0.6) is 11.5 Å². The van der Waals surface area contributed by atoms with Crippen molar-refractivity contribution in [3.8, 4) is 11.5 Å². The van der Waals surface area contributed by atoms with Crippen LogP contribution in [0.25, 0.3) is 0 Å². The Morgan fingerprint density at radius 1 is 1.27 bits per heavy atom. The molecule has 0 aliphatic carbocycles. The Hall–Kier alpha value is -1.30. The smallest absolute Gasteiger partial charge is 0.282 e. The third-order valence-corrected chi connectivity index (χ3v) is 2.28. The topological polar surface area (TPSA) is 90.2 Å². The fraction of sp³-hybridized carbons (Fsp3) is 0.400. The van der Waals surface area contributed by atoms with Crippen LogP contribution in [-0.2, 0) is 0 Å². The number of hydrogen-bond donors (Lipinski definition) is 4. The zero-order valence-electron chi connectivity index (χ0n) is 8.51. The van der Waals surface area contributed by atoms with Gasteiger partial charge < -0.3 is 25.2 Å². The maximum absolute atomic E-state index is 9.44. The predicted molar refractivity (Wildman–Crippen MR) is 52.5 cm³/mol. The number of para-hydroxylation sites is 1. The van der Waals surface area contributed by atoms with Crippen molar-refractivity contribution in [2.24, 2.45) is 0 Å². The van der Waals surface area contributed by atoms with E-state index in [4.69, 9.17) is 20.1 Å². The van der Waals surface area contributed by atoms with Crippen LogP contribution in [0.2, 0.25) is 0 Å². The second-order valence-electron chi connectivity index (χ2n) is 3.31. The van der Waals surface area contributed by atoms with Gasteiger partial charge in [-0.05, 0) is 6.07 Å². The van der Waals surface area contributed by atoms with Crippen molar-refractivity contribution >= 4 is 0 Å². The molecule has 5 nitrogen and oxygen atoms in total. The molecular weight excluding hydrogens is 200 g/mol. The molecule has 0 aliphatic rings. The first-order chi connectivity index (χ1) is 6.88. The summed E-state index contributed by atoms with van der Waals surface area (Å²) in [5.41, 5.74) is 0.310. The first kappa shape index (κ1) is 11.8. The molecule has 0 spiro atoms. The van der Waals surface area contributed by atoms with Crippen LogP contribution in [0.3, 0.4) is 0 Å². The predicted octanol–water partition coefficient (Wildman–Crippen LogP) is 0.135. The quantitative estimate of drug-likeness (QED) is 0.537. The lowest BCUT2D eigenvalue weighted by atomic mass is 9.97. The molecule has 1 rings (SSSR count). The number of rotatable bonds is 3. The van der Waals surface area contributed by atoms with E-state index in [9.17, 15) is 5.11 Å². The van der Waals surface area contributed by atoms with Crippen LogP contribution in [0.1, 0.15) is 18.4 Å². The van der Waals surface area contributed by atoms with Crippen molar-refractivity contribution in [2.75, 3.05) is 7.11 Å². The molecule has 0 aliphatic heterocycles. The van der Waals surface area contributed by atoms with E-state index in [-0.39, 0.29) is 11.5 Å². The highest BCUT2D eigenvalue weighted by Crippen LogP contribution is 2.37. The third kappa shape index (κ3) is 2.38. The van der Waals surface area contributed by atoms with Crippen LogP contribution in [0.4, 0.5) is 0 Å². The van der Waals surface area contributed by atoms with E-state index < -0.39 is 11.9 Å². The maximum Gasteiger partial charge on any atom is 0.282 e. The van der Waals surface area contributed by atoms with Gasteiger partial charge in [0, 0.05) is 5.56 Å². The fourth-order valence-corrected chi connectivity index (χ4v) is 1.31. The SMILES string of the molecule is COc1c(O)cccc1C(C)C(O)(O)O. The molecule has 1 aromatic rings. The fourth-order valence-electron chi connectivity index (χ4n) is 1.31. The molecule has 84 valence electrons. The monoisotopic (exact) mass is 214 g/mol. The summed E-state index contributed by atoms with van der Waals surface area (Å²) in [5.74, 6) is -3.85. The van der Waals surface area contributed by atoms with Gasteiger partial charge in [-0.3, -0.25) is 0 Å². The lowest BCUT2D eigenvalue weighted by molar-refractivity contribution is -0.323. The number of methoxy groups -OCH3 is 1. The number of aliphatic hydroxyl groups is 3. The number of benzene rings is 1. The van der Waals surface area contributed by atoms with E-state index in [0.717, 1.165) is 0 Å². The summed E-state index contributed by atoms with van der Waals surface area (Å²) in [5, 5.41) is 36.5. The van der Waals surface area contributed by atoms with E-state index >= 15 is 0 Å². The van der Waals surface area contributed by atoms with Gasteiger partial charge in [0.05, 0.1) is 13.0 Å².